The highest BCUT2D eigenvalue weighted by atomic mass is 14.7. The first-order chi connectivity index (χ1) is 54.8. The summed E-state index contributed by atoms with van der Waals surface area (Å²) in [6.45, 7) is 20.4. The topological polar surface area (TPSA) is 129 Å². The maximum atomic E-state index is 4.35. The second kappa shape index (κ2) is 48.4. The number of hydrogen-bond donors (Lipinski definition) is 0. The van der Waals surface area contributed by atoms with E-state index in [0.717, 1.165) is 34.2 Å². The van der Waals surface area contributed by atoms with Gasteiger partial charge in [0.25, 0.3) is 0 Å². The van der Waals surface area contributed by atoms with Crippen molar-refractivity contribution in [1.82, 2.24) is 49.8 Å². The predicted octanol–water partition coefficient (Wildman–Crippen LogP) is 25.6. The minimum atomic E-state index is 1.03. The van der Waals surface area contributed by atoms with Gasteiger partial charge in [0, 0.05) is 132 Å². The van der Waals surface area contributed by atoms with Crippen molar-refractivity contribution in [3.63, 3.8) is 0 Å². The molecule has 0 spiro atoms. The molecule has 0 aliphatic rings. The smallest absolute Gasteiger partial charge is 0.0731 e. The summed E-state index contributed by atoms with van der Waals surface area (Å²) in [5, 5.41) is 0. The van der Waals surface area contributed by atoms with Crippen molar-refractivity contribution in [3.05, 3.63) is 470 Å². The molecule has 0 aliphatic heterocycles. The van der Waals surface area contributed by atoms with E-state index in [4.69, 9.17) is 0 Å². The molecule has 0 radical (unpaired) electrons. The van der Waals surface area contributed by atoms with Crippen LogP contribution in [0.25, 0.3) is 78.3 Å². The van der Waals surface area contributed by atoms with Crippen LogP contribution < -0.4 is 0 Å². The van der Waals surface area contributed by atoms with Crippen LogP contribution in [0, 0.1) is 69.2 Å². The van der Waals surface area contributed by atoms with Gasteiger partial charge in [0.15, 0.2) is 0 Å². The molecule has 0 saturated heterocycles. The Balaban J connectivity index is 0.000000157. The van der Waals surface area contributed by atoms with Crippen LogP contribution in [0.3, 0.4) is 0 Å². The van der Waals surface area contributed by atoms with Gasteiger partial charge in [-0.2, -0.15) is 0 Å². The highest BCUT2D eigenvalue weighted by Gasteiger charge is 2.04. The summed E-state index contributed by atoms with van der Waals surface area (Å²) in [5.41, 5.74) is 28.3. The lowest BCUT2D eigenvalue weighted by molar-refractivity contribution is 1.20. The highest BCUT2D eigenvalue weighted by Crippen LogP contribution is 2.25. The number of benzene rings is 7. The molecule has 0 N–H and O–H groups in total. The summed E-state index contributed by atoms with van der Waals surface area (Å²) in [4.78, 5) is 41.3. The minimum Gasteiger partial charge on any atom is -0.265 e. The number of pyridine rings is 10. The molecular formula is C102H98N10. The zero-order valence-corrected chi connectivity index (χ0v) is 65.7. The first-order valence-corrected chi connectivity index (χ1v) is 37.2. The second-order valence-corrected chi connectivity index (χ2v) is 26.0. The third kappa shape index (κ3) is 31.1. The molecule has 0 saturated carbocycles. The Morgan fingerprint density at radius 3 is 1.11 bits per heavy atom. The molecule has 0 atom stereocenters. The first-order valence-electron chi connectivity index (χ1n) is 37.2. The lowest BCUT2D eigenvalue weighted by atomic mass is 10.0. The lowest BCUT2D eigenvalue weighted by Crippen LogP contribution is -1.85. The van der Waals surface area contributed by atoms with Gasteiger partial charge in [-0.3, -0.25) is 49.8 Å². The average Bonchev–Trinajstić information content (AvgIpc) is 0.882. The van der Waals surface area contributed by atoms with Crippen LogP contribution in [0.4, 0.5) is 0 Å². The first kappa shape index (κ1) is 83.7. The van der Waals surface area contributed by atoms with Gasteiger partial charge in [-0.25, -0.2) is 0 Å². The SMILES string of the molecule is Cc1cc(-c2ccccc2)ccn1.Cc1ccc(-c2ccccc2)cn1.Cc1ccc(-c2ccccc2)nc1.Cc1ccccn1.Cc1cccnc1.Cc1cccnc1-c1ccccc1.Cc1ccnc(-c2ccccc2)c1.Cc1ccncc1.Cc1ccncc1-c1ccccc1.Cc1cnccc1-c1ccccc1. The van der Waals surface area contributed by atoms with E-state index in [9.17, 15) is 0 Å². The molecule has 10 nitrogen and oxygen atoms in total. The minimum absolute atomic E-state index is 1.03. The van der Waals surface area contributed by atoms with Crippen LogP contribution in [0.2, 0.25) is 0 Å². The van der Waals surface area contributed by atoms with Gasteiger partial charge in [0.2, 0.25) is 0 Å². The van der Waals surface area contributed by atoms with Crippen LogP contribution in [0.5, 0.6) is 0 Å². The molecule has 10 heteroatoms. The van der Waals surface area contributed by atoms with Crippen molar-refractivity contribution in [1.29, 1.82) is 0 Å². The Morgan fingerprint density at radius 2 is 0.643 bits per heavy atom. The monoisotopic (exact) mass is 1460 g/mol. The van der Waals surface area contributed by atoms with Gasteiger partial charge in [0.05, 0.1) is 17.1 Å². The standard InChI is InChI=1S/7C12H11N.3C6H7N/c1-10-6-5-9-13-12(10)11-7-3-2-4-8-11;1-10-9-13-8-7-12(10)11-5-3-2-4-6-11;1-10-9-12(7-8-13-10)11-5-3-2-4-6-11;1-10-7-8-13-9-12(10)11-5-3-2-4-6-11;1-10-7-8-12(9-13-10)11-5-3-2-4-6-11;1-10-7-8-13-12(9-10)11-5-3-2-4-6-11;1-10-7-8-12(13-9-10)11-5-3-2-4-6-11;1-6-2-4-7-5-3-6;1-6-3-2-4-7-5-6;1-6-4-2-3-5-7-6/h7*2-9H,1H3;3*2-5H,1H3. The largest absolute Gasteiger partial charge is 0.265 e. The van der Waals surface area contributed by atoms with Crippen LogP contribution in [-0.2, 0) is 0 Å². The Hall–Kier alpha value is -14.0. The second-order valence-electron chi connectivity index (χ2n) is 26.0. The Kier molecular flexibility index (Phi) is 36.1. The molecule has 10 heterocycles. The summed E-state index contributed by atoms with van der Waals surface area (Å²) < 4.78 is 0. The molecule has 17 rings (SSSR count). The maximum Gasteiger partial charge on any atom is 0.0731 e. The molecule has 0 amide bonds. The third-order valence-corrected chi connectivity index (χ3v) is 16.7. The van der Waals surface area contributed by atoms with Gasteiger partial charge in [-0.05, 0) is 226 Å². The van der Waals surface area contributed by atoms with E-state index in [0.29, 0.717) is 0 Å². The fourth-order valence-electron chi connectivity index (χ4n) is 10.7. The Bertz CT molecular complexity index is 4880. The fourth-order valence-corrected chi connectivity index (χ4v) is 10.7. The van der Waals surface area contributed by atoms with E-state index in [2.05, 4.69) is 205 Å². The number of nitrogens with zero attached hydrogens (tertiary/aromatic N) is 10. The molecule has 17 aromatic rings. The summed E-state index contributed by atoms with van der Waals surface area (Å²) in [5.74, 6) is 0. The summed E-state index contributed by atoms with van der Waals surface area (Å²) >= 11 is 0. The zero-order valence-electron chi connectivity index (χ0n) is 65.7. The van der Waals surface area contributed by atoms with E-state index in [1.54, 1.807) is 24.8 Å². The predicted molar refractivity (Wildman–Crippen MR) is 468 cm³/mol. The van der Waals surface area contributed by atoms with E-state index >= 15 is 0 Å². The van der Waals surface area contributed by atoms with Crippen LogP contribution in [-0.4, -0.2) is 49.8 Å². The van der Waals surface area contributed by atoms with Crippen molar-refractivity contribution in [2.45, 2.75) is 69.2 Å². The van der Waals surface area contributed by atoms with Crippen LogP contribution >= 0.6 is 0 Å². The van der Waals surface area contributed by atoms with Gasteiger partial charge in [-0.15, -0.1) is 0 Å². The van der Waals surface area contributed by atoms with E-state index in [1.807, 2.05) is 304 Å². The Morgan fingerprint density at radius 1 is 0.170 bits per heavy atom. The fraction of sp³-hybridized carbons (Fsp3) is 0.0980. The average molecular weight is 1460 g/mol. The Labute approximate surface area is 663 Å². The van der Waals surface area contributed by atoms with Gasteiger partial charge in [0.1, 0.15) is 0 Å². The summed E-state index contributed by atoms with van der Waals surface area (Å²) in [6.07, 6.45) is 25.7. The van der Waals surface area contributed by atoms with Crippen molar-refractivity contribution >= 4 is 0 Å². The molecule has 0 aliphatic carbocycles. The number of rotatable bonds is 7. The molecule has 7 aromatic carbocycles. The quantitative estimate of drug-likeness (QED) is 0.152. The summed E-state index contributed by atoms with van der Waals surface area (Å²) in [7, 11) is 0. The third-order valence-electron chi connectivity index (χ3n) is 16.7. The normalized spacial score (nSPS) is 9.70. The van der Waals surface area contributed by atoms with E-state index < -0.39 is 0 Å². The van der Waals surface area contributed by atoms with Crippen molar-refractivity contribution < 1.29 is 0 Å². The molecular weight excluding hydrogens is 1370 g/mol. The molecule has 556 valence electrons. The molecule has 10 aromatic heterocycles. The zero-order chi connectivity index (χ0) is 79.0. The molecule has 0 bridgehead atoms. The molecule has 112 heavy (non-hydrogen) atoms. The van der Waals surface area contributed by atoms with Crippen molar-refractivity contribution in [3.8, 4) is 78.3 Å². The van der Waals surface area contributed by atoms with Gasteiger partial charge in [-0.1, -0.05) is 243 Å². The summed E-state index contributed by atoms with van der Waals surface area (Å²) in [6, 6.07) is 110. The number of aryl methyl sites for hydroxylation is 10. The highest BCUT2D eigenvalue weighted by molar-refractivity contribution is 5.68. The van der Waals surface area contributed by atoms with E-state index in [1.165, 1.54) is 100 Å². The lowest BCUT2D eigenvalue weighted by Gasteiger charge is -2.03. The van der Waals surface area contributed by atoms with Crippen molar-refractivity contribution in [2.75, 3.05) is 0 Å². The van der Waals surface area contributed by atoms with Crippen LogP contribution in [0.1, 0.15) is 56.0 Å². The maximum absolute atomic E-state index is 4.35. The molecule has 0 fully saturated rings. The molecule has 0 unspecified atom stereocenters. The van der Waals surface area contributed by atoms with E-state index in [-0.39, 0.29) is 0 Å². The number of hydrogen-bond acceptors (Lipinski definition) is 10. The van der Waals surface area contributed by atoms with Crippen molar-refractivity contribution in [2.24, 2.45) is 0 Å². The van der Waals surface area contributed by atoms with Crippen LogP contribution in [0.15, 0.2) is 414 Å². The number of aromatic nitrogens is 10. The van der Waals surface area contributed by atoms with Gasteiger partial charge < -0.3 is 0 Å². The van der Waals surface area contributed by atoms with Gasteiger partial charge >= 0.3 is 0 Å².